The van der Waals surface area contributed by atoms with E-state index in [1.54, 1.807) is 0 Å². The molecule has 1 aliphatic rings. The summed E-state index contributed by atoms with van der Waals surface area (Å²) in [6, 6.07) is 1.51. The highest BCUT2D eigenvalue weighted by atomic mass is 32.1. The first-order valence-electron chi connectivity index (χ1n) is 5.94. The Balaban J connectivity index is 1.98. The number of piperazine rings is 1. The predicted octanol–water partition coefficient (Wildman–Crippen LogP) is 0.211. The molecule has 6 nitrogen and oxygen atoms in total. The van der Waals surface area contributed by atoms with Crippen LogP contribution in [0.2, 0.25) is 0 Å². The molecule has 0 radical (unpaired) electrons. The minimum atomic E-state index is -0.103. The van der Waals surface area contributed by atoms with E-state index >= 15 is 0 Å². The van der Waals surface area contributed by atoms with E-state index in [4.69, 9.17) is 0 Å². The molecule has 1 aliphatic heterocycles. The first-order chi connectivity index (χ1) is 8.63. The summed E-state index contributed by atoms with van der Waals surface area (Å²) in [6.45, 7) is 5.78. The van der Waals surface area contributed by atoms with Gasteiger partial charge in [-0.15, -0.1) is 5.10 Å². The van der Waals surface area contributed by atoms with Crippen LogP contribution in [0.3, 0.4) is 0 Å². The van der Waals surface area contributed by atoms with Crippen molar-refractivity contribution < 1.29 is 0 Å². The Morgan fingerprint density at radius 2 is 2.00 bits per heavy atom. The standard InChI is InChI=1S/C11H15N5OS/c1-8-7-9(17)16-10(12-8)18-11(13-16)15-5-3-14(2)4-6-15/h7H,3-6H2,1-2H3. The largest absolute Gasteiger partial charge is 0.344 e. The Labute approximate surface area is 108 Å². The second-order valence-electron chi connectivity index (χ2n) is 4.61. The van der Waals surface area contributed by atoms with Crippen LogP contribution in [0, 0.1) is 6.92 Å². The molecule has 0 unspecified atom stereocenters. The molecule has 0 aliphatic carbocycles. The highest BCUT2D eigenvalue weighted by Crippen LogP contribution is 2.22. The van der Waals surface area contributed by atoms with Gasteiger partial charge in [-0.3, -0.25) is 4.79 Å². The molecule has 0 atom stereocenters. The lowest BCUT2D eigenvalue weighted by atomic mass is 10.3. The van der Waals surface area contributed by atoms with Crippen molar-refractivity contribution in [2.75, 3.05) is 38.1 Å². The van der Waals surface area contributed by atoms with Crippen LogP contribution in [0.4, 0.5) is 5.13 Å². The van der Waals surface area contributed by atoms with Crippen molar-refractivity contribution in [2.45, 2.75) is 6.92 Å². The van der Waals surface area contributed by atoms with Gasteiger partial charge in [-0.05, 0) is 14.0 Å². The first kappa shape index (κ1) is 11.6. The number of aromatic nitrogens is 3. The number of rotatable bonds is 1. The highest BCUT2D eigenvalue weighted by Gasteiger charge is 2.18. The van der Waals surface area contributed by atoms with Crippen LogP contribution in [0.15, 0.2) is 10.9 Å². The fourth-order valence-corrected chi connectivity index (χ4v) is 3.04. The molecule has 0 spiro atoms. The van der Waals surface area contributed by atoms with E-state index in [0.717, 1.165) is 37.0 Å². The van der Waals surface area contributed by atoms with Crippen LogP contribution in [0.5, 0.6) is 0 Å². The van der Waals surface area contributed by atoms with Gasteiger partial charge in [-0.25, -0.2) is 4.98 Å². The summed E-state index contributed by atoms with van der Waals surface area (Å²) in [5, 5.41) is 5.26. The van der Waals surface area contributed by atoms with Crippen molar-refractivity contribution in [2.24, 2.45) is 0 Å². The van der Waals surface area contributed by atoms with Gasteiger partial charge in [-0.2, -0.15) is 4.52 Å². The first-order valence-corrected chi connectivity index (χ1v) is 6.76. The molecule has 0 N–H and O–H groups in total. The molecular weight excluding hydrogens is 250 g/mol. The molecule has 96 valence electrons. The van der Waals surface area contributed by atoms with Crippen LogP contribution in [-0.4, -0.2) is 52.7 Å². The molecule has 0 bridgehead atoms. The lowest BCUT2D eigenvalue weighted by molar-refractivity contribution is 0.312. The van der Waals surface area contributed by atoms with Crippen molar-refractivity contribution in [3.63, 3.8) is 0 Å². The summed E-state index contributed by atoms with van der Waals surface area (Å²) < 4.78 is 1.39. The zero-order chi connectivity index (χ0) is 12.7. The fraction of sp³-hybridized carbons (Fsp3) is 0.545. The molecule has 0 aromatic carbocycles. The van der Waals surface area contributed by atoms with Gasteiger partial charge in [0, 0.05) is 37.9 Å². The number of nitrogens with zero attached hydrogens (tertiary/aromatic N) is 5. The van der Waals surface area contributed by atoms with Crippen molar-refractivity contribution in [3.05, 3.63) is 22.1 Å². The fourth-order valence-electron chi connectivity index (χ4n) is 2.04. The Kier molecular flexibility index (Phi) is 2.79. The van der Waals surface area contributed by atoms with E-state index in [1.807, 2.05) is 6.92 Å². The van der Waals surface area contributed by atoms with Gasteiger partial charge in [0.2, 0.25) is 10.1 Å². The number of hydrogen-bond donors (Lipinski definition) is 0. The normalized spacial score (nSPS) is 17.6. The van der Waals surface area contributed by atoms with Crippen molar-refractivity contribution in [1.82, 2.24) is 19.5 Å². The van der Waals surface area contributed by atoms with Crippen molar-refractivity contribution >= 4 is 21.4 Å². The monoisotopic (exact) mass is 265 g/mol. The summed E-state index contributed by atoms with van der Waals surface area (Å²) in [7, 11) is 2.12. The molecule has 18 heavy (non-hydrogen) atoms. The number of hydrogen-bond acceptors (Lipinski definition) is 6. The van der Waals surface area contributed by atoms with Gasteiger partial charge in [0.05, 0.1) is 0 Å². The Morgan fingerprint density at radius 3 is 2.72 bits per heavy atom. The van der Waals surface area contributed by atoms with E-state index in [1.165, 1.54) is 21.9 Å². The Morgan fingerprint density at radius 1 is 1.28 bits per heavy atom. The summed E-state index contributed by atoms with van der Waals surface area (Å²) in [5.41, 5.74) is 0.641. The molecule has 1 fully saturated rings. The SMILES string of the molecule is Cc1cc(=O)n2nc(N3CCN(C)CC3)sc2n1. The maximum absolute atomic E-state index is 11.8. The van der Waals surface area contributed by atoms with E-state index in [9.17, 15) is 4.79 Å². The predicted molar refractivity (Wildman–Crippen MR) is 71.6 cm³/mol. The number of fused-ring (bicyclic) bond motifs is 1. The third-order valence-electron chi connectivity index (χ3n) is 3.14. The number of likely N-dealkylation sites (N-methyl/N-ethyl adjacent to an activating group) is 1. The van der Waals surface area contributed by atoms with Gasteiger partial charge in [0.1, 0.15) is 0 Å². The van der Waals surface area contributed by atoms with Gasteiger partial charge >= 0.3 is 0 Å². The maximum Gasteiger partial charge on any atom is 0.275 e. The van der Waals surface area contributed by atoms with Crippen molar-refractivity contribution in [3.8, 4) is 0 Å². The molecule has 1 saturated heterocycles. The quantitative estimate of drug-likeness (QED) is 0.738. The van der Waals surface area contributed by atoms with Crippen molar-refractivity contribution in [1.29, 1.82) is 0 Å². The maximum atomic E-state index is 11.8. The third-order valence-corrected chi connectivity index (χ3v) is 4.11. The number of anilines is 1. The molecule has 3 rings (SSSR count). The van der Waals surface area contributed by atoms with Crippen LogP contribution in [-0.2, 0) is 0 Å². The minimum Gasteiger partial charge on any atom is -0.344 e. The van der Waals surface area contributed by atoms with Crippen LogP contribution in [0.1, 0.15) is 5.69 Å². The average molecular weight is 265 g/mol. The molecule has 0 amide bonds. The second kappa shape index (κ2) is 4.33. The summed E-state index contributed by atoms with van der Waals surface area (Å²) in [4.78, 5) is 21.3. The molecular formula is C11H15N5OS. The zero-order valence-electron chi connectivity index (χ0n) is 10.5. The Bertz CT molecular complexity index is 626. The minimum absolute atomic E-state index is 0.103. The van der Waals surface area contributed by atoms with Crippen LogP contribution < -0.4 is 10.5 Å². The van der Waals surface area contributed by atoms with Crippen LogP contribution >= 0.6 is 11.3 Å². The van der Waals surface area contributed by atoms with E-state index in [2.05, 4.69) is 26.9 Å². The smallest absolute Gasteiger partial charge is 0.275 e. The van der Waals surface area contributed by atoms with Crippen LogP contribution in [0.25, 0.3) is 4.96 Å². The van der Waals surface area contributed by atoms with Gasteiger partial charge in [-0.1, -0.05) is 11.3 Å². The summed E-state index contributed by atoms with van der Waals surface area (Å²) in [6.07, 6.45) is 0. The lowest BCUT2D eigenvalue weighted by Crippen LogP contribution is -2.44. The highest BCUT2D eigenvalue weighted by molar-refractivity contribution is 7.20. The molecule has 7 heteroatoms. The van der Waals surface area contributed by atoms with Gasteiger partial charge < -0.3 is 9.80 Å². The summed E-state index contributed by atoms with van der Waals surface area (Å²) >= 11 is 1.48. The topological polar surface area (TPSA) is 53.7 Å². The number of aryl methyl sites for hydroxylation is 1. The molecule has 0 saturated carbocycles. The lowest BCUT2D eigenvalue weighted by Gasteiger charge is -2.31. The summed E-state index contributed by atoms with van der Waals surface area (Å²) in [5.74, 6) is 0. The Hall–Kier alpha value is -1.47. The van der Waals surface area contributed by atoms with Gasteiger partial charge in [0.15, 0.2) is 0 Å². The third kappa shape index (κ3) is 1.99. The average Bonchev–Trinajstić information content (AvgIpc) is 2.74. The zero-order valence-corrected chi connectivity index (χ0v) is 11.3. The molecule has 2 aromatic rings. The molecule has 3 heterocycles. The van der Waals surface area contributed by atoms with E-state index in [0.29, 0.717) is 4.96 Å². The molecule has 2 aromatic heterocycles. The van der Waals surface area contributed by atoms with E-state index in [-0.39, 0.29) is 5.56 Å². The van der Waals surface area contributed by atoms with Gasteiger partial charge in [0.25, 0.3) is 5.56 Å². The van der Waals surface area contributed by atoms with E-state index < -0.39 is 0 Å². The second-order valence-corrected chi connectivity index (χ2v) is 5.54.